The molecule has 5 aromatic rings. The molecular formula is C28H28N6O4. The lowest BCUT2D eigenvalue weighted by Gasteiger charge is -2.30. The van der Waals surface area contributed by atoms with Crippen LogP contribution < -0.4 is 15.0 Å². The number of nitrogens with one attached hydrogen (secondary N) is 1. The first kappa shape index (κ1) is 23.9. The van der Waals surface area contributed by atoms with Gasteiger partial charge >= 0.3 is 0 Å². The summed E-state index contributed by atoms with van der Waals surface area (Å²) in [4.78, 5) is 18.5. The fourth-order valence-corrected chi connectivity index (χ4v) is 4.90. The van der Waals surface area contributed by atoms with Crippen LogP contribution in [0.5, 0.6) is 11.5 Å². The Morgan fingerprint density at radius 2 is 1.89 bits per heavy atom. The Balaban J connectivity index is 1.37. The number of hydrogen-bond acceptors (Lipinski definition) is 8. The third kappa shape index (κ3) is 4.78. The van der Waals surface area contributed by atoms with Gasteiger partial charge in [-0.05, 0) is 53.6 Å². The molecule has 0 saturated heterocycles. The first-order valence-electron chi connectivity index (χ1n) is 12.6. The van der Waals surface area contributed by atoms with Crippen LogP contribution in [0.15, 0.2) is 70.1 Å². The monoisotopic (exact) mass is 512 g/mol. The maximum absolute atomic E-state index is 13.2. The predicted octanol–water partition coefficient (Wildman–Crippen LogP) is 4.35. The Morgan fingerprint density at radius 1 is 1.08 bits per heavy atom. The highest BCUT2D eigenvalue weighted by Gasteiger charge is 2.27. The molecule has 3 aromatic heterocycles. The van der Waals surface area contributed by atoms with Crippen LogP contribution in [0, 0.1) is 6.92 Å². The normalized spacial score (nSPS) is 13.4. The highest BCUT2D eigenvalue weighted by Crippen LogP contribution is 2.35. The smallest absolute Gasteiger partial charge is 0.252 e. The van der Waals surface area contributed by atoms with Gasteiger partial charge < -0.3 is 18.9 Å². The lowest BCUT2D eigenvalue weighted by molar-refractivity contribution is 0.161. The molecule has 6 rings (SSSR count). The zero-order valence-electron chi connectivity index (χ0n) is 21.3. The highest BCUT2D eigenvalue weighted by atomic mass is 16.7. The second-order valence-electron chi connectivity index (χ2n) is 9.51. The first-order valence-corrected chi connectivity index (χ1v) is 12.6. The van der Waals surface area contributed by atoms with Gasteiger partial charge in [-0.3, -0.25) is 9.69 Å². The number of pyridine rings is 1. The zero-order chi connectivity index (χ0) is 26.1. The molecule has 1 unspecified atom stereocenters. The summed E-state index contributed by atoms with van der Waals surface area (Å²) in [5.41, 5.74) is 3.55. The molecule has 194 valence electrons. The van der Waals surface area contributed by atoms with Gasteiger partial charge in [-0.15, -0.1) is 5.10 Å². The lowest BCUT2D eigenvalue weighted by atomic mass is 10.1. The van der Waals surface area contributed by atoms with Gasteiger partial charge in [-0.25, -0.2) is 4.68 Å². The maximum Gasteiger partial charge on any atom is 0.252 e. The minimum Gasteiger partial charge on any atom is -0.467 e. The van der Waals surface area contributed by atoms with Crippen molar-refractivity contribution in [1.29, 1.82) is 0 Å². The van der Waals surface area contributed by atoms with Crippen LogP contribution in [0.2, 0.25) is 0 Å². The Morgan fingerprint density at radius 3 is 2.66 bits per heavy atom. The number of ether oxygens (including phenoxy) is 2. The molecule has 1 aliphatic rings. The van der Waals surface area contributed by atoms with Gasteiger partial charge in [0.1, 0.15) is 12.3 Å². The van der Waals surface area contributed by atoms with Crippen molar-refractivity contribution in [2.24, 2.45) is 0 Å². The van der Waals surface area contributed by atoms with Gasteiger partial charge in [0.05, 0.1) is 17.8 Å². The fraction of sp³-hybridized carbons (Fsp3) is 0.286. The van der Waals surface area contributed by atoms with E-state index in [0.717, 1.165) is 29.0 Å². The summed E-state index contributed by atoms with van der Waals surface area (Å²) < 4.78 is 18.3. The summed E-state index contributed by atoms with van der Waals surface area (Å²) in [5, 5.41) is 13.5. The van der Waals surface area contributed by atoms with Crippen LogP contribution in [-0.4, -0.2) is 36.9 Å². The van der Waals surface area contributed by atoms with Crippen molar-refractivity contribution in [1.82, 2.24) is 30.1 Å². The van der Waals surface area contributed by atoms with Crippen molar-refractivity contribution in [3.63, 3.8) is 0 Å². The molecule has 2 aromatic carbocycles. The van der Waals surface area contributed by atoms with Crippen LogP contribution in [0.25, 0.3) is 10.9 Å². The number of furan rings is 1. The van der Waals surface area contributed by atoms with Crippen LogP contribution in [-0.2, 0) is 19.6 Å². The van der Waals surface area contributed by atoms with Gasteiger partial charge in [-0.2, -0.15) is 0 Å². The molecule has 10 nitrogen and oxygen atoms in total. The third-order valence-electron chi connectivity index (χ3n) is 6.86. The van der Waals surface area contributed by atoms with Crippen molar-refractivity contribution in [3.05, 3.63) is 99.5 Å². The third-order valence-corrected chi connectivity index (χ3v) is 6.86. The second-order valence-corrected chi connectivity index (χ2v) is 9.51. The summed E-state index contributed by atoms with van der Waals surface area (Å²) in [6.45, 7) is 5.79. The van der Waals surface area contributed by atoms with Gasteiger partial charge in [0.25, 0.3) is 5.56 Å². The van der Waals surface area contributed by atoms with E-state index in [1.165, 1.54) is 5.56 Å². The number of aromatic amines is 1. The number of aryl methyl sites for hydroxylation is 1. The largest absolute Gasteiger partial charge is 0.467 e. The fourth-order valence-electron chi connectivity index (χ4n) is 4.90. The molecule has 0 saturated carbocycles. The minimum atomic E-state index is -0.145. The van der Waals surface area contributed by atoms with Crippen molar-refractivity contribution in [2.75, 3.05) is 6.79 Å². The molecule has 38 heavy (non-hydrogen) atoms. The van der Waals surface area contributed by atoms with Crippen LogP contribution in [0.1, 0.15) is 47.7 Å². The van der Waals surface area contributed by atoms with Crippen molar-refractivity contribution < 1.29 is 13.9 Å². The average molecular weight is 513 g/mol. The van der Waals surface area contributed by atoms with E-state index in [-0.39, 0.29) is 18.4 Å². The minimum absolute atomic E-state index is 0.143. The Hall–Kier alpha value is -4.44. The van der Waals surface area contributed by atoms with Crippen molar-refractivity contribution in [3.8, 4) is 11.5 Å². The standard InChI is InChI=1S/C28H28N6O4/c1-3-24(27-30-31-32-34(27)16-22-5-4-10-36-22)33(14-19-8-6-18(2)7-9-19)15-21-11-20-12-25-26(38-17-37-25)13-23(20)29-28(21)35/h4-13,24H,3,14-17H2,1-2H3,(H,29,35). The van der Waals surface area contributed by atoms with Crippen molar-refractivity contribution >= 4 is 10.9 Å². The average Bonchev–Trinajstić information content (AvgIpc) is 3.68. The summed E-state index contributed by atoms with van der Waals surface area (Å²) in [5.74, 6) is 2.80. The Kier molecular flexibility index (Phi) is 6.38. The number of fused-ring (bicyclic) bond motifs is 2. The molecule has 10 heteroatoms. The molecule has 1 aliphatic heterocycles. The van der Waals surface area contributed by atoms with E-state index in [4.69, 9.17) is 13.9 Å². The lowest BCUT2D eigenvalue weighted by Crippen LogP contribution is -2.32. The SMILES string of the molecule is CCC(c1nnnn1Cc1ccco1)N(Cc1ccc(C)cc1)Cc1cc2cc3c(cc2[nH]c1=O)OCO3. The molecule has 4 heterocycles. The number of tetrazole rings is 1. The first-order chi connectivity index (χ1) is 18.6. The van der Waals surface area contributed by atoms with Gasteiger partial charge in [-0.1, -0.05) is 36.8 Å². The number of benzene rings is 2. The van der Waals surface area contributed by atoms with Gasteiger partial charge in [0.2, 0.25) is 6.79 Å². The molecule has 0 amide bonds. The number of hydrogen-bond donors (Lipinski definition) is 1. The van der Waals surface area contributed by atoms with E-state index in [9.17, 15) is 4.79 Å². The number of H-pyrrole nitrogens is 1. The zero-order valence-corrected chi connectivity index (χ0v) is 21.3. The molecule has 0 bridgehead atoms. The van der Waals surface area contributed by atoms with Crippen molar-refractivity contribution in [2.45, 2.75) is 45.9 Å². The summed E-state index contributed by atoms with van der Waals surface area (Å²) >= 11 is 0. The number of rotatable bonds is 9. The molecular weight excluding hydrogens is 484 g/mol. The van der Waals surface area contributed by atoms with E-state index in [0.29, 0.717) is 42.2 Å². The van der Waals surface area contributed by atoms with E-state index in [1.54, 1.807) is 10.9 Å². The molecule has 1 N–H and O–H groups in total. The Bertz CT molecular complexity index is 1610. The molecule has 0 aliphatic carbocycles. The quantitative estimate of drug-likeness (QED) is 0.310. The number of aromatic nitrogens is 5. The van der Waals surface area contributed by atoms with E-state index < -0.39 is 0 Å². The molecule has 1 atom stereocenters. The van der Waals surface area contributed by atoms with Crippen LogP contribution in [0.3, 0.4) is 0 Å². The maximum atomic E-state index is 13.2. The van der Waals surface area contributed by atoms with E-state index in [1.807, 2.05) is 30.3 Å². The van der Waals surface area contributed by atoms with Gasteiger partial charge in [0.15, 0.2) is 17.3 Å². The predicted molar refractivity (Wildman–Crippen MR) is 140 cm³/mol. The van der Waals surface area contributed by atoms with Crippen LogP contribution in [0.4, 0.5) is 0 Å². The summed E-state index contributed by atoms with van der Waals surface area (Å²) in [6, 6.07) is 17.7. The summed E-state index contributed by atoms with van der Waals surface area (Å²) in [6.07, 6.45) is 2.38. The van der Waals surface area contributed by atoms with E-state index in [2.05, 4.69) is 63.5 Å². The summed E-state index contributed by atoms with van der Waals surface area (Å²) in [7, 11) is 0. The second kappa shape index (κ2) is 10.1. The topological polar surface area (TPSA) is 111 Å². The molecule has 0 spiro atoms. The van der Waals surface area contributed by atoms with Gasteiger partial charge in [0, 0.05) is 30.1 Å². The molecule has 0 fully saturated rings. The number of nitrogens with zero attached hydrogens (tertiary/aromatic N) is 5. The Labute approximate surface area is 218 Å². The molecule has 0 radical (unpaired) electrons. The van der Waals surface area contributed by atoms with Crippen LogP contribution >= 0.6 is 0 Å². The van der Waals surface area contributed by atoms with E-state index >= 15 is 0 Å². The highest BCUT2D eigenvalue weighted by molar-refractivity contribution is 5.83.